The Labute approximate surface area is 105 Å². The summed E-state index contributed by atoms with van der Waals surface area (Å²) in [4.78, 5) is 11.7. The predicted octanol–water partition coefficient (Wildman–Crippen LogP) is 1.86. The number of aryl methyl sites for hydroxylation is 1. The Morgan fingerprint density at radius 2 is 2.18 bits per heavy atom. The van der Waals surface area contributed by atoms with Crippen molar-refractivity contribution in [3.8, 4) is 0 Å². The number of carbonyl (C=O) groups excluding carboxylic acids is 1. The summed E-state index contributed by atoms with van der Waals surface area (Å²) in [6.45, 7) is 7.17. The van der Waals surface area contributed by atoms with Crippen LogP contribution in [0.4, 0.5) is 5.00 Å². The van der Waals surface area contributed by atoms with Crippen molar-refractivity contribution < 1.29 is 14.3 Å². The summed E-state index contributed by atoms with van der Waals surface area (Å²) in [6.07, 6.45) is 0. The molecule has 1 aromatic heterocycles. The molecule has 0 radical (unpaired) electrons. The lowest BCUT2D eigenvalue weighted by molar-refractivity contribution is 0.0278. The van der Waals surface area contributed by atoms with E-state index >= 15 is 0 Å². The van der Waals surface area contributed by atoms with Crippen molar-refractivity contribution in [3.05, 3.63) is 11.3 Å². The topological polar surface area (TPSA) is 74.4 Å². The van der Waals surface area contributed by atoms with Crippen LogP contribution < -0.4 is 5.73 Å². The zero-order chi connectivity index (χ0) is 12.8. The van der Waals surface area contributed by atoms with Crippen molar-refractivity contribution >= 4 is 22.5 Å². The molecule has 96 valence electrons. The molecule has 0 aromatic carbocycles. The largest absolute Gasteiger partial charge is 0.460 e. The molecule has 0 aliphatic carbocycles. The van der Waals surface area contributed by atoms with Gasteiger partial charge >= 0.3 is 5.97 Å². The number of hydrogen-bond acceptors (Lipinski definition) is 6. The van der Waals surface area contributed by atoms with Gasteiger partial charge in [0.1, 0.15) is 17.2 Å². The molecule has 0 fully saturated rings. The first-order valence-corrected chi connectivity index (χ1v) is 6.26. The van der Waals surface area contributed by atoms with Crippen LogP contribution in [0.5, 0.6) is 0 Å². The van der Waals surface area contributed by atoms with Crippen LogP contribution in [0.1, 0.15) is 29.9 Å². The van der Waals surface area contributed by atoms with E-state index in [9.17, 15) is 4.79 Å². The van der Waals surface area contributed by atoms with Crippen LogP contribution in [0.3, 0.4) is 0 Å². The van der Waals surface area contributed by atoms with E-state index < -0.39 is 5.97 Å². The monoisotopic (exact) mass is 258 g/mol. The molecule has 0 bridgehead atoms. The van der Waals surface area contributed by atoms with Crippen LogP contribution in [0.2, 0.25) is 0 Å². The van der Waals surface area contributed by atoms with E-state index in [0.29, 0.717) is 35.4 Å². The quantitative estimate of drug-likeness (QED) is 0.622. The summed E-state index contributed by atoms with van der Waals surface area (Å²) in [6, 6.07) is 0. The fourth-order valence-corrected chi connectivity index (χ4v) is 1.87. The normalized spacial score (nSPS) is 10.8. The highest BCUT2D eigenvalue weighted by Gasteiger charge is 2.17. The van der Waals surface area contributed by atoms with Crippen LogP contribution in [0.25, 0.3) is 0 Å². The SMILES string of the molecule is Cc1nsc(N)c1C(=O)OCCOCC(C)C. The molecule has 1 rings (SSSR count). The van der Waals surface area contributed by atoms with Crippen LogP contribution >= 0.6 is 11.5 Å². The minimum atomic E-state index is -0.429. The molecule has 6 heteroatoms. The van der Waals surface area contributed by atoms with Gasteiger partial charge in [0.15, 0.2) is 0 Å². The van der Waals surface area contributed by atoms with Gasteiger partial charge in [0, 0.05) is 6.61 Å². The first-order chi connectivity index (χ1) is 8.02. The molecule has 0 aliphatic heterocycles. The number of esters is 1. The van der Waals surface area contributed by atoms with Gasteiger partial charge in [0.25, 0.3) is 0 Å². The third kappa shape index (κ3) is 4.32. The van der Waals surface area contributed by atoms with E-state index in [1.54, 1.807) is 6.92 Å². The number of anilines is 1. The lowest BCUT2D eigenvalue weighted by Gasteiger charge is -2.07. The number of nitrogen functional groups attached to an aromatic ring is 1. The molecular formula is C11H18N2O3S. The highest BCUT2D eigenvalue weighted by molar-refractivity contribution is 7.10. The summed E-state index contributed by atoms with van der Waals surface area (Å²) < 4.78 is 14.3. The minimum absolute atomic E-state index is 0.236. The lowest BCUT2D eigenvalue weighted by Crippen LogP contribution is -2.13. The summed E-state index contributed by atoms with van der Waals surface area (Å²) in [5.41, 5.74) is 6.62. The van der Waals surface area contributed by atoms with Gasteiger partial charge in [-0.25, -0.2) is 4.79 Å². The Hall–Kier alpha value is -1.14. The van der Waals surface area contributed by atoms with E-state index in [2.05, 4.69) is 18.2 Å². The van der Waals surface area contributed by atoms with Crippen molar-refractivity contribution in [1.29, 1.82) is 0 Å². The molecule has 0 spiro atoms. The highest BCUT2D eigenvalue weighted by atomic mass is 32.1. The van der Waals surface area contributed by atoms with Crippen molar-refractivity contribution in [1.82, 2.24) is 4.37 Å². The Bertz CT molecular complexity index is 357. The first kappa shape index (κ1) is 13.9. The lowest BCUT2D eigenvalue weighted by atomic mass is 10.2. The number of hydrogen-bond donors (Lipinski definition) is 1. The molecule has 0 unspecified atom stereocenters. The number of nitrogens with zero attached hydrogens (tertiary/aromatic N) is 1. The summed E-state index contributed by atoms with van der Waals surface area (Å²) in [5.74, 6) is 0.0477. The average Bonchev–Trinajstić information content (AvgIpc) is 2.57. The van der Waals surface area contributed by atoms with Crippen LogP contribution in [0, 0.1) is 12.8 Å². The number of ether oxygens (including phenoxy) is 2. The molecule has 1 heterocycles. The van der Waals surface area contributed by atoms with Crippen LogP contribution in [-0.4, -0.2) is 30.2 Å². The van der Waals surface area contributed by atoms with Crippen LogP contribution in [0.15, 0.2) is 0 Å². The summed E-state index contributed by atoms with van der Waals surface area (Å²) >= 11 is 1.10. The molecule has 17 heavy (non-hydrogen) atoms. The minimum Gasteiger partial charge on any atom is -0.460 e. The number of rotatable bonds is 6. The predicted molar refractivity (Wildman–Crippen MR) is 67.2 cm³/mol. The zero-order valence-corrected chi connectivity index (χ0v) is 11.2. The van der Waals surface area contributed by atoms with E-state index in [-0.39, 0.29) is 6.61 Å². The maximum absolute atomic E-state index is 11.7. The van der Waals surface area contributed by atoms with Crippen molar-refractivity contribution in [2.45, 2.75) is 20.8 Å². The molecule has 0 saturated heterocycles. The van der Waals surface area contributed by atoms with Crippen molar-refractivity contribution in [2.75, 3.05) is 25.6 Å². The third-order valence-corrected chi connectivity index (χ3v) is 2.77. The standard InChI is InChI=1S/C11H18N2O3S/c1-7(2)6-15-4-5-16-11(14)9-8(3)13-17-10(9)12/h7H,4-6,12H2,1-3H3. The fourth-order valence-electron chi connectivity index (χ4n) is 1.22. The molecule has 0 atom stereocenters. The molecule has 0 amide bonds. The second-order valence-electron chi connectivity index (χ2n) is 4.11. The van der Waals surface area contributed by atoms with Gasteiger partial charge in [-0.3, -0.25) is 0 Å². The Morgan fingerprint density at radius 1 is 1.47 bits per heavy atom. The molecular weight excluding hydrogens is 240 g/mol. The van der Waals surface area contributed by atoms with E-state index in [1.165, 1.54) is 0 Å². The van der Waals surface area contributed by atoms with Gasteiger partial charge in [-0.15, -0.1) is 0 Å². The van der Waals surface area contributed by atoms with Gasteiger partial charge in [0.2, 0.25) is 0 Å². The molecule has 1 aromatic rings. The van der Waals surface area contributed by atoms with E-state index in [0.717, 1.165) is 11.5 Å². The Balaban J connectivity index is 2.31. The third-order valence-electron chi connectivity index (χ3n) is 2.01. The molecule has 2 N–H and O–H groups in total. The maximum atomic E-state index is 11.7. The van der Waals surface area contributed by atoms with Gasteiger partial charge in [-0.2, -0.15) is 4.37 Å². The van der Waals surface area contributed by atoms with Crippen molar-refractivity contribution in [2.24, 2.45) is 5.92 Å². The van der Waals surface area contributed by atoms with E-state index in [1.807, 2.05) is 0 Å². The highest BCUT2D eigenvalue weighted by Crippen LogP contribution is 2.21. The smallest absolute Gasteiger partial charge is 0.343 e. The van der Waals surface area contributed by atoms with Gasteiger partial charge in [0.05, 0.1) is 12.3 Å². The van der Waals surface area contributed by atoms with Gasteiger partial charge in [-0.1, -0.05) is 13.8 Å². The number of nitrogens with two attached hydrogens (primary N) is 1. The van der Waals surface area contributed by atoms with Crippen molar-refractivity contribution in [3.63, 3.8) is 0 Å². The van der Waals surface area contributed by atoms with Gasteiger partial charge in [-0.05, 0) is 24.4 Å². The average molecular weight is 258 g/mol. The number of carbonyl (C=O) groups is 1. The summed E-state index contributed by atoms with van der Waals surface area (Å²) in [5, 5.41) is 0.399. The Kier molecular flexibility index (Phi) is 5.37. The zero-order valence-electron chi connectivity index (χ0n) is 10.4. The molecule has 5 nitrogen and oxygen atoms in total. The Morgan fingerprint density at radius 3 is 2.71 bits per heavy atom. The second-order valence-corrected chi connectivity index (χ2v) is 4.92. The van der Waals surface area contributed by atoms with E-state index in [4.69, 9.17) is 15.2 Å². The second kappa shape index (κ2) is 6.56. The maximum Gasteiger partial charge on any atom is 0.343 e. The molecule has 0 saturated carbocycles. The first-order valence-electron chi connectivity index (χ1n) is 5.49. The molecule has 0 aliphatic rings. The fraction of sp³-hybridized carbons (Fsp3) is 0.636. The van der Waals surface area contributed by atoms with Crippen LogP contribution in [-0.2, 0) is 9.47 Å². The number of aromatic nitrogens is 1. The van der Waals surface area contributed by atoms with Gasteiger partial charge < -0.3 is 15.2 Å². The summed E-state index contributed by atoms with van der Waals surface area (Å²) in [7, 11) is 0.